The van der Waals surface area contributed by atoms with Gasteiger partial charge < -0.3 is 10.6 Å². The molecule has 20 heavy (non-hydrogen) atoms. The molecule has 1 aliphatic carbocycles. The maximum absolute atomic E-state index is 12.6. The van der Waals surface area contributed by atoms with Crippen LogP contribution in [0, 0.1) is 12.3 Å². The summed E-state index contributed by atoms with van der Waals surface area (Å²) >= 11 is 0. The highest BCUT2D eigenvalue weighted by Gasteiger charge is 2.31. The molecule has 0 spiro atoms. The van der Waals surface area contributed by atoms with Crippen LogP contribution in [0.3, 0.4) is 0 Å². The van der Waals surface area contributed by atoms with Gasteiger partial charge in [0.1, 0.15) is 0 Å². The van der Waals surface area contributed by atoms with Crippen LogP contribution in [0.15, 0.2) is 18.2 Å². The van der Waals surface area contributed by atoms with Gasteiger partial charge in [-0.3, -0.25) is 4.79 Å². The van der Waals surface area contributed by atoms with Gasteiger partial charge >= 0.3 is 0 Å². The Hall–Kier alpha value is -1.51. The molecule has 0 aromatic heterocycles. The summed E-state index contributed by atoms with van der Waals surface area (Å²) in [5.41, 5.74) is 8.64. The minimum Gasteiger partial charge on any atom is -0.398 e. The van der Waals surface area contributed by atoms with E-state index in [4.69, 9.17) is 5.73 Å². The second kappa shape index (κ2) is 5.47. The number of nitrogens with two attached hydrogens (primary N) is 1. The van der Waals surface area contributed by atoms with Gasteiger partial charge in [-0.05, 0) is 55.7 Å². The zero-order valence-electron chi connectivity index (χ0n) is 13.1. The van der Waals surface area contributed by atoms with Crippen LogP contribution < -0.4 is 5.73 Å². The third-order valence-electron chi connectivity index (χ3n) is 4.78. The van der Waals surface area contributed by atoms with Gasteiger partial charge in [-0.1, -0.05) is 19.9 Å². The molecule has 2 rings (SSSR count). The van der Waals surface area contributed by atoms with Crippen LogP contribution in [0.25, 0.3) is 0 Å². The molecule has 0 heterocycles. The van der Waals surface area contributed by atoms with Crippen molar-refractivity contribution in [2.45, 2.75) is 52.5 Å². The Bertz CT molecular complexity index is 498. The minimum atomic E-state index is 0.0968. The van der Waals surface area contributed by atoms with E-state index in [1.807, 2.05) is 37.1 Å². The predicted molar refractivity (Wildman–Crippen MR) is 83.7 cm³/mol. The molecule has 0 unspecified atom stereocenters. The van der Waals surface area contributed by atoms with E-state index in [1.54, 1.807) is 0 Å². The summed E-state index contributed by atoms with van der Waals surface area (Å²) in [4.78, 5) is 14.6. The second-order valence-corrected chi connectivity index (χ2v) is 6.83. The normalized spacial score (nSPS) is 18.8. The molecule has 2 N–H and O–H groups in total. The number of anilines is 1. The Morgan fingerprint density at radius 3 is 2.50 bits per heavy atom. The average Bonchev–Trinajstić information content (AvgIpc) is 2.40. The van der Waals surface area contributed by atoms with Gasteiger partial charge in [0, 0.05) is 24.3 Å². The zero-order valence-corrected chi connectivity index (χ0v) is 13.1. The molecule has 3 nitrogen and oxygen atoms in total. The number of carbonyl (C=O) groups excluding carboxylic acids is 1. The smallest absolute Gasteiger partial charge is 0.254 e. The number of carbonyl (C=O) groups is 1. The van der Waals surface area contributed by atoms with Crippen LogP contribution in [0.4, 0.5) is 5.69 Å². The molecule has 1 amide bonds. The van der Waals surface area contributed by atoms with Crippen molar-refractivity contribution >= 4 is 11.6 Å². The highest BCUT2D eigenvalue weighted by Crippen LogP contribution is 2.37. The van der Waals surface area contributed by atoms with Gasteiger partial charge in [0.15, 0.2) is 0 Å². The van der Waals surface area contributed by atoms with Crippen molar-refractivity contribution in [3.8, 4) is 0 Å². The number of rotatable bonds is 2. The lowest BCUT2D eigenvalue weighted by Gasteiger charge is -2.38. The summed E-state index contributed by atoms with van der Waals surface area (Å²) in [5.74, 6) is 0.0968. The van der Waals surface area contributed by atoms with Crippen LogP contribution in [0.1, 0.15) is 55.5 Å². The number of benzene rings is 1. The molecule has 0 saturated heterocycles. The van der Waals surface area contributed by atoms with Crippen molar-refractivity contribution in [3.63, 3.8) is 0 Å². The summed E-state index contributed by atoms with van der Waals surface area (Å²) in [6, 6.07) is 5.93. The first-order chi connectivity index (χ1) is 9.32. The largest absolute Gasteiger partial charge is 0.398 e. The van der Waals surface area contributed by atoms with Crippen molar-refractivity contribution in [1.29, 1.82) is 0 Å². The predicted octanol–water partition coefficient (Wildman–Crippen LogP) is 3.62. The van der Waals surface area contributed by atoms with Crippen LogP contribution >= 0.6 is 0 Å². The van der Waals surface area contributed by atoms with E-state index in [9.17, 15) is 4.79 Å². The molecule has 1 saturated carbocycles. The standard InChI is InChI=1S/C17H26N2O/c1-12-14(6-5-7-15(12)18)16(20)19(4)13-8-10-17(2,3)11-9-13/h5-7,13H,8-11,18H2,1-4H3. The summed E-state index contributed by atoms with van der Waals surface area (Å²) in [7, 11) is 1.92. The van der Waals surface area contributed by atoms with Crippen LogP contribution in [0.2, 0.25) is 0 Å². The fraction of sp³-hybridized carbons (Fsp3) is 0.588. The lowest BCUT2D eigenvalue weighted by Crippen LogP contribution is -2.41. The first-order valence-electron chi connectivity index (χ1n) is 7.44. The number of amides is 1. The zero-order chi connectivity index (χ0) is 14.9. The maximum atomic E-state index is 12.6. The molecule has 1 fully saturated rings. The third kappa shape index (κ3) is 2.97. The van der Waals surface area contributed by atoms with E-state index in [1.165, 1.54) is 12.8 Å². The van der Waals surface area contributed by atoms with Crippen molar-refractivity contribution in [3.05, 3.63) is 29.3 Å². The molecule has 0 aliphatic heterocycles. The molecular weight excluding hydrogens is 248 g/mol. The minimum absolute atomic E-state index is 0.0968. The van der Waals surface area contributed by atoms with Crippen molar-refractivity contribution < 1.29 is 4.79 Å². The van der Waals surface area contributed by atoms with Gasteiger partial charge in [0.2, 0.25) is 0 Å². The van der Waals surface area contributed by atoms with Gasteiger partial charge in [-0.15, -0.1) is 0 Å². The highest BCUT2D eigenvalue weighted by atomic mass is 16.2. The van der Waals surface area contributed by atoms with Crippen LogP contribution in [0.5, 0.6) is 0 Å². The quantitative estimate of drug-likeness (QED) is 0.837. The van der Waals surface area contributed by atoms with E-state index >= 15 is 0 Å². The monoisotopic (exact) mass is 274 g/mol. The van der Waals surface area contributed by atoms with Gasteiger partial charge in [-0.2, -0.15) is 0 Å². The van der Waals surface area contributed by atoms with Crippen LogP contribution in [-0.4, -0.2) is 23.9 Å². The molecule has 110 valence electrons. The molecule has 1 aromatic carbocycles. The highest BCUT2D eigenvalue weighted by molar-refractivity contribution is 5.96. The Balaban J connectivity index is 2.11. The molecule has 0 atom stereocenters. The Labute approximate surface area is 122 Å². The van der Waals surface area contributed by atoms with Crippen molar-refractivity contribution in [2.75, 3.05) is 12.8 Å². The van der Waals surface area contributed by atoms with Crippen molar-refractivity contribution in [1.82, 2.24) is 4.90 Å². The molecule has 1 aromatic rings. The Morgan fingerprint density at radius 1 is 1.30 bits per heavy atom. The molecular formula is C17H26N2O. The second-order valence-electron chi connectivity index (χ2n) is 6.83. The summed E-state index contributed by atoms with van der Waals surface area (Å²) < 4.78 is 0. The van der Waals surface area contributed by atoms with E-state index < -0.39 is 0 Å². The lowest BCUT2D eigenvalue weighted by molar-refractivity contribution is 0.0634. The lowest BCUT2D eigenvalue weighted by atomic mass is 9.75. The SMILES string of the molecule is Cc1c(N)cccc1C(=O)N(C)C1CCC(C)(C)CC1. The topological polar surface area (TPSA) is 46.3 Å². The Kier molecular flexibility index (Phi) is 4.07. The molecule has 0 radical (unpaired) electrons. The average molecular weight is 274 g/mol. The van der Waals surface area contributed by atoms with E-state index in [0.29, 0.717) is 17.1 Å². The fourth-order valence-electron chi connectivity index (χ4n) is 3.01. The summed E-state index contributed by atoms with van der Waals surface area (Å²) in [5, 5.41) is 0. The van der Waals surface area contributed by atoms with Crippen molar-refractivity contribution in [2.24, 2.45) is 5.41 Å². The summed E-state index contributed by atoms with van der Waals surface area (Å²) in [6.45, 7) is 6.54. The van der Waals surface area contributed by atoms with Gasteiger partial charge in [0.25, 0.3) is 5.91 Å². The number of nitrogens with zero attached hydrogens (tertiary/aromatic N) is 1. The molecule has 0 bridgehead atoms. The van der Waals surface area contributed by atoms with Gasteiger partial charge in [0.05, 0.1) is 0 Å². The van der Waals surface area contributed by atoms with E-state index in [2.05, 4.69) is 13.8 Å². The van der Waals surface area contributed by atoms with Gasteiger partial charge in [-0.25, -0.2) is 0 Å². The number of hydrogen-bond donors (Lipinski definition) is 1. The molecule has 1 aliphatic rings. The molecule has 3 heteroatoms. The summed E-state index contributed by atoms with van der Waals surface area (Å²) in [6.07, 6.45) is 4.56. The van der Waals surface area contributed by atoms with E-state index in [0.717, 1.165) is 24.0 Å². The van der Waals surface area contributed by atoms with Crippen LogP contribution in [-0.2, 0) is 0 Å². The van der Waals surface area contributed by atoms with E-state index in [-0.39, 0.29) is 5.91 Å². The number of hydrogen-bond acceptors (Lipinski definition) is 2. The first-order valence-corrected chi connectivity index (χ1v) is 7.44. The first kappa shape index (κ1) is 14.9. The Morgan fingerprint density at radius 2 is 1.90 bits per heavy atom. The number of nitrogen functional groups attached to an aromatic ring is 1. The maximum Gasteiger partial charge on any atom is 0.254 e. The third-order valence-corrected chi connectivity index (χ3v) is 4.78. The fourth-order valence-corrected chi connectivity index (χ4v) is 3.01.